The third-order valence-electron chi connectivity index (χ3n) is 9.89. The first kappa shape index (κ1) is 46.3. The van der Waals surface area contributed by atoms with Crippen molar-refractivity contribution >= 4 is 5.69 Å². The fraction of sp³-hybridized carbons (Fsp3) is 0.628. The van der Waals surface area contributed by atoms with Crippen molar-refractivity contribution in [3.05, 3.63) is 84.5 Å². The van der Waals surface area contributed by atoms with E-state index in [-0.39, 0.29) is 11.5 Å². The summed E-state index contributed by atoms with van der Waals surface area (Å²) in [7, 11) is 1.84. The average molecular weight is 689 g/mol. The number of nitrogens with one attached hydrogen (secondary N) is 1. The second kappa shape index (κ2) is 23.6. The van der Waals surface area contributed by atoms with Crippen molar-refractivity contribution < 1.29 is 18.3 Å². The highest BCUT2D eigenvalue weighted by Crippen LogP contribution is 2.47. The molecule has 0 aliphatic carbocycles. The number of hydrogen-bond acceptors (Lipinski definition) is 3. The van der Waals surface area contributed by atoms with Crippen LogP contribution in [-0.4, -0.2) is 25.2 Å². The second-order valence-electron chi connectivity index (χ2n) is 14.0. The van der Waals surface area contributed by atoms with E-state index in [2.05, 4.69) is 90.6 Å². The minimum absolute atomic E-state index is 0.0739. The van der Waals surface area contributed by atoms with Crippen LogP contribution < -0.4 is 10.2 Å². The molecular formula is C43H71F3N2O. The first-order chi connectivity index (χ1) is 23.2. The van der Waals surface area contributed by atoms with Gasteiger partial charge in [-0.1, -0.05) is 105 Å². The van der Waals surface area contributed by atoms with Crippen LogP contribution in [0.4, 0.5) is 18.9 Å². The van der Waals surface area contributed by atoms with Gasteiger partial charge < -0.3 is 15.3 Å². The first-order valence-corrected chi connectivity index (χ1v) is 18.8. The van der Waals surface area contributed by atoms with E-state index in [1.54, 1.807) is 18.2 Å². The van der Waals surface area contributed by atoms with Crippen molar-refractivity contribution in [1.29, 1.82) is 0 Å². The highest BCUT2D eigenvalue weighted by Gasteiger charge is 2.35. The van der Waals surface area contributed by atoms with Crippen molar-refractivity contribution in [3.63, 3.8) is 0 Å². The molecule has 0 amide bonds. The molecule has 0 spiro atoms. The van der Waals surface area contributed by atoms with E-state index in [1.165, 1.54) is 55.4 Å². The number of rotatable bonds is 12. The van der Waals surface area contributed by atoms with Crippen molar-refractivity contribution in [2.45, 2.75) is 138 Å². The quantitative estimate of drug-likeness (QED) is 0.218. The molecule has 2 aromatic carbocycles. The Morgan fingerprint density at radius 1 is 1.00 bits per heavy atom. The number of halogens is 3. The summed E-state index contributed by atoms with van der Waals surface area (Å²) in [5, 5.41) is 12.7. The number of alkyl halides is 3. The number of nitrogens with zero attached hydrogens (tertiary/aromatic N) is 1. The molecule has 1 aliphatic heterocycles. The van der Waals surface area contributed by atoms with Crippen LogP contribution in [0.3, 0.4) is 0 Å². The van der Waals surface area contributed by atoms with Gasteiger partial charge in [-0.05, 0) is 111 Å². The molecule has 280 valence electrons. The van der Waals surface area contributed by atoms with E-state index in [1.807, 2.05) is 20.9 Å². The van der Waals surface area contributed by atoms with Crippen LogP contribution in [0.1, 0.15) is 149 Å². The first-order valence-electron chi connectivity index (χ1n) is 18.8. The molecule has 0 aromatic heterocycles. The largest absolute Gasteiger partial charge is 0.508 e. The Kier molecular flexibility index (Phi) is 22.3. The molecule has 2 aromatic rings. The number of phenols is 1. The van der Waals surface area contributed by atoms with Crippen molar-refractivity contribution in [1.82, 2.24) is 5.32 Å². The van der Waals surface area contributed by atoms with Gasteiger partial charge in [0.25, 0.3) is 0 Å². The summed E-state index contributed by atoms with van der Waals surface area (Å²) in [5.41, 5.74) is 3.90. The van der Waals surface area contributed by atoms with Crippen LogP contribution in [0.5, 0.6) is 5.75 Å². The van der Waals surface area contributed by atoms with Gasteiger partial charge in [-0.2, -0.15) is 13.2 Å². The molecule has 0 saturated carbocycles. The minimum Gasteiger partial charge on any atom is -0.508 e. The van der Waals surface area contributed by atoms with E-state index in [9.17, 15) is 18.3 Å². The molecule has 4 atom stereocenters. The number of anilines is 1. The smallest absolute Gasteiger partial charge is 0.416 e. The van der Waals surface area contributed by atoms with Gasteiger partial charge in [-0.25, -0.2) is 0 Å². The highest BCUT2D eigenvalue weighted by atomic mass is 19.4. The van der Waals surface area contributed by atoms with Gasteiger partial charge in [0.15, 0.2) is 0 Å². The molecule has 1 aliphatic rings. The van der Waals surface area contributed by atoms with Crippen LogP contribution >= 0.6 is 0 Å². The minimum atomic E-state index is -4.31. The molecule has 0 bridgehead atoms. The van der Waals surface area contributed by atoms with Gasteiger partial charge >= 0.3 is 6.18 Å². The molecule has 1 heterocycles. The maximum absolute atomic E-state index is 13.3. The highest BCUT2D eigenvalue weighted by molar-refractivity contribution is 5.57. The second-order valence-corrected chi connectivity index (χ2v) is 14.0. The molecule has 3 rings (SSSR count). The van der Waals surface area contributed by atoms with Crippen LogP contribution in [0.15, 0.2) is 67.8 Å². The SMILES string of the molecule is C=C.C=C(C)[C@@](C)(CCCC)C(CC)c1ccc(O)cc1.CC.CNC(CC(C)C)c1cc(C(F)(F)F)ccc1N1CCCCC(C)CC1. The molecular weight excluding hydrogens is 617 g/mol. The summed E-state index contributed by atoms with van der Waals surface area (Å²) < 4.78 is 39.9. The molecule has 1 fully saturated rings. The van der Waals surface area contributed by atoms with E-state index in [0.717, 1.165) is 50.0 Å². The van der Waals surface area contributed by atoms with Crippen molar-refractivity contribution in [3.8, 4) is 5.75 Å². The summed E-state index contributed by atoms with van der Waals surface area (Å²) >= 11 is 0. The van der Waals surface area contributed by atoms with Crippen LogP contribution in [-0.2, 0) is 6.18 Å². The number of aromatic hydroxyl groups is 1. The summed E-state index contributed by atoms with van der Waals surface area (Å²) in [5.74, 6) is 1.88. The lowest BCUT2D eigenvalue weighted by atomic mass is 9.65. The van der Waals surface area contributed by atoms with Gasteiger partial charge in [-0.3, -0.25) is 0 Å². The molecule has 6 heteroatoms. The number of benzene rings is 2. The summed E-state index contributed by atoms with van der Waals surface area (Å²) in [6.45, 7) is 31.5. The van der Waals surface area contributed by atoms with Gasteiger partial charge in [0.05, 0.1) is 5.56 Å². The van der Waals surface area contributed by atoms with Crippen molar-refractivity contribution in [2.75, 3.05) is 25.0 Å². The van der Waals surface area contributed by atoms with Crippen LogP contribution in [0, 0.1) is 17.3 Å². The van der Waals surface area contributed by atoms with Crippen LogP contribution in [0.25, 0.3) is 0 Å². The normalized spacial score (nSPS) is 17.3. The van der Waals surface area contributed by atoms with E-state index in [0.29, 0.717) is 23.5 Å². The van der Waals surface area contributed by atoms with Crippen molar-refractivity contribution in [2.24, 2.45) is 17.3 Å². The Balaban J connectivity index is 0.000000888. The Bertz CT molecular complexity index is 1180. The Labute approximate surface area is 299 Å². The van der Waals surface area contributed by atoms with Crippen LogP contribution in [0.2, 0.25) is 0 Å². The zero-order valence-corrected chi connectivity index (χ0v) is 32.8. The average Bonchev–Trinajstić information content (AvgIpc) is 3.07. The van der Waals surface area contributed by atoms with Gasteiger partial charge in [-0.15, -0.1) is 13.2 Å². The summed E-state index contributed by atoms with van der Waals surface area (Å²) in [6.07, 6.45) is 5.86. The maximum Gasteiger partial charge on any atom is 0.416 e. The fourth-order valence-corrected chi connectivity index (χ4v) is 6.83. The Hall–Kier alpha value is -2.73. The zero-order chi connectivity index (χ0) is 37.8. The molecule has 49 heavy (non-hydrogen) atoms. The molecule has 3 unspecified atom stereocenters. The Morgan fingerprint density at radius 2 is 1.61 bits per heavy atom. The molecule has 1 saturated heterocycles. The van der Waals surface area contributed by atoms with E-state index < -0.39 is 11.7 Å². The monoisotopic (exact) mass is 689 g/mol. The summed E-state index contributed by atoms with van der Waals surface area (Å²) in [6, 6.07) is 11.9. The third kappa shape index (κ3) is 15.0. The molecule has 2 N–H and O–H groups in total. The third-order valence-corrected chi connectivity index (χ3v) is 9.89. The maximum atomic E-state index is 13.3. The number of allylic oxidation sites excluding steroid dienone is 1. The number of unbranched alkanes of at least 4 members (excludes halogenated alkanes) is 1. The lowest BCUT2D eigenvalue weighted by molar-refractivity contribution is -0.137. The number of hydrogen-bond donors (Lipinski definition) is 2. The van der Waals surface area contributed by atoms with E-state index >= 15 is 0 Å². The lowest BCUT2D eigenvalue weighted by Crippen LogP contribution is -2.31. The summed E-state index contributed by atoms with van der Waals surface area (Å²) in [4.78, 5) is 2.30. The molecule has 3 nitrogen and oxygen atoms in total. The number of phenolic OH excluding ortho intramolecular Hbond substituents is 1. The fourth-order valence-electron chi connectivity index (χ4n) is 6.83. The van der Waals surface area contributed by atoms with Gasteiger partial charge in [0, 0.05) is 24.8 Å². The molecule has 0 radical (unpaired) electrons. The zero-order valence-electron chi connectivity index (χ0n) is 32.8. The predicted octanol–water partition coefficient (Wildman–Crippen LogP) is 13.5. The van der Waals surface area contributed by atoms with Gasteiger partial charge in [0.1, 0.15) is 5.75 Å². The predicted molar refractivity (Wildman–Crippen MR) is 209 cm³/mol. The van der Waals surface area contributed by atoms with Gasteiger partial charge in [0.2, 0.25) is 0 Å². The van der Waals surface area contributed by atoms with E-state index in [4.69, 9.17) is 0 Å². The standard InChI is InChI=1S/C21H33F3N2.C18H28O.C2H6.C2H4/c1-15(2)13-19(25-4)18-14-17(21(22,23)24)8-9-20(18)26-11-6-5-7-16(3)10-12-26;1-6-8-13-18(5,14(3)4)17(7-2)15-9-11-16(19)12-10-15;2*1-2/h8-9,14-16,19,25H,5-7,10-13H2,1-4H3;9-12,17,19H,3,6-8,13H2,1-2,4-5H3;1-2H3;1-2H2/t;17?,18-;;/m.1../s1. The lowest BCUT2D eigenvalue weighted by Gasteiger charge is -2.39. The Morgan fingerprint density at radius 3 is 2.10 bits per heavy atom. The topological polar surface area (TPSA) is 35.5 Å².